The van der Waals surface area contributed by atoms with Gasteiger partial charge in [0.2, 0.25) is 0 Å². The number of halogens is 2. The molecule has 29 heavy (non-hydrogen) atoms. The van der Waals surface area contributed by atoms with Gasteiger partial charge in [-0.15, -0.1) is 0 Å². The maximum absolute atomic E-state index is 14.4. The number of hydrogen-bond acceptors (Lipinski definition) is 4. The molecule has 3 rings (SSSR count). The highest BCUT2D eigenvalue weighted by Gasteiger charge is 2.26. The molecule has 3 aromatic carbocycles. The Kier molecular flexibility index (Phi) is 5.91. The van der Waals surface area contributed by atoms with Crippen LogP contribution in [0.15, 0.2) is 65.6 Å². The molecule has 0 aliphatic rings. The molecular weight excluding hydrogens is 419 g/mol. The summed E-state index contributed by atoms with van der Waals surface area (Å²) < 4.78 is 45.5. The summed E-state index contributed by atoms with van der Waals surface area (Å²) in [5, 5.41) is 9.04. The van der Waals surface area contributed by atoms with Gasteiger partial charge < -0.3 is 9.84 Å². The molecule has 8 heteroatoms. The lowest BCUT2D eigenvalue weighted by Gasteiger charge is -2.13. The fraction of sp³-hybridized carbons (Fsp3) is 0.0952. The van der Waals surface area contributed by atoms with Gasteiger partial charge in [-0.3, -0.25) is 0 Å². The third-order valence-corrected chi connectivity index (χ3v) is 6.24. The van der Waals surface area contributed by atoms with Gasteiger partial charge in [-0.05, 0) is 35.4 Å². The molecule has 0 radical (unpaired) electrons. The van der Waals surface area contributed by atoms with Crippen molar-refractivity contribution in [2.75, 3.05) is 7.11 Å². The summed E-state index contributed by atoms with van der Waals surface area (Å²) in [5.41, 5.74) is 1.10. The SMILES string of the molecule is COc1c(Cl)cc(C(=O)O)cc1S(=O)(=O)Cc1cc(-c2ccccc2)ccc1F. The Morgan fingerprint density at radius 3 is 2.38 bits per heavy atom. The first-order valence-electron chi connectivity index (χ1n) is 8.40. The first-order valence-corrected chi connectivity index (χ1v) is 10.4. The van der Waals surface area contributed by atoms with Crippen molar-refractivity contribution in [3.8, 4) is 16.9 Å². The van der Waals surface area contributed by atoms with Gasteiger partial charge in [-0.1, -0.05) is 48.0 Å². The molecule has 0 atom stereocenters. The number of sulfone groups is 1. The van der Waals surface area contributed by atoms with E-state index >= 15 is 0 Å². The van der Waals surface area contributed by atoms with Crippen LogP contribution in [0.5, 0.6) is 5.75 Å². The first-order chi connectivity index (χ1) is 13.7. The fourth-order valence-corrected chi connectivity index (χ4v) is 4.82. The van der Waals surface area contributed by atoms with Crippen LogP contribution in [-0.4, -0.2) is 26.6 Å². The van der Waals surface area contributed by atoms with E-state index in [9.17, 15) is 22.7 Å². The Hall–Kier alpha value is -2.90. The maximum atomic E-state index is 14.4. The van der Waals surface area contributed by atoms with Gasteiger partial charge in [0.25, 0.3) is 0 Å². The van der Waals surface area contributed by atoms with Gasteiger partial charge in [0, 0.05) is 5.56 Å². The topological polar surface area (TPSA) is 80.7 Å². The second-order valence-electron chi connectivity index (χ2n) is 6.23. The molecule has 0 amide bonds. The highest BCUT2D eigenvalue weighted by atomic mass is 35.5. The molecule has 0 aliphatic heterocycles. The van der Waals surface area contributed by atoms with Gasteiger partial charge in [-0.25, -0.2) is 17.6 Å². The molecule has 0 spiro atoms. The molecule has 0 aliphatic carbocycles. The van der Waals surface area contributed by atoms with E-state index in [1.807, 2.05) is 30.3 Å². The third kappa shape index (κ3) is 4.41. The van der Waals surface area contributed by atoms with E-state index in [2.05, 4.69) is 0 Å². The van der Waals surface area contributed by atoms with Gasteiger partial charge in [0.15, 0.2) is 15.6 Å². The number of ether oxygens (including phenoxy) is 1. The molecular formula is C21H16ClFO5S. The smallest absolute Gasteiger partial charge is 0.335 e. The number of rotatable bonds is 6. The number of methoxy groups -OCH3 is 1. The van der Waals surface area contributed by atoms with Gasteiger partial charge in [0.1, 0.15) is 10.7 Å². The van der Waals surface area contributed by atoms with Crippen molar-refractivity contribution in [3.05, 3.63) is 82.6 Å². The van der Waals surface area contributed by atoms with Crippen molar-refractivity contribution in [2.24, 2.45) is 0 Å². The Morgan fingerprint density at radius 1 is 1.07 bits per heavy atom. The molecule has 0 unspecified atom stereocenters. The van der Waals surface area contributed by atoms with Crippen LogP contribution in [0.4, 0.5) is 4.39 Å². The predicted octanol–water partition coefficient (Wildman–Crippen LogP) is 4.83. The van der Waals surface area contributed by atoms with E-state index < -0.39 is 32.3 Å². The summed E-state index contributed by atoms with van der Waals surface area (Å²) in [5.74, 6) is -2.90. The van der Waals surface area contributed by atoms with Gasteiger partial charge in [-0.2, -0.15) is 0 Å². The fourth-order valence-electron chi connectivity index (χ4n) is 2.90. The lowest BCUT2D eigenvalue weighted by atomic mass is 10.0. The average molecular weight is 435 g/mol. The second-order valence-corrected chi connectivity index (χ2v) is 8.59. The van der Waals surface area contributed by atoms with Crippen LogP contribution in [0.3, 0.4) is 0 Å². The van der Waals surface area contributed by atoms with E-state index in [1.165, 1.54) is 19.2 Å². The van der Waals surface area contributed by atoms with E-state index in [4.69, 9.17) is 16.3 Å². The zero-order chi connectivity index (χ0) is 21.2. The molecule has 0 heterocycles. The molecule has 0 saturated heterocycles. The monoisotopic (exact) mass is 434 g/mol. The van der Waals surface area contributed by atoms with Gasteiger partial charge in [0.05, 0.1) is 23.4 Å². The summed E-state index contributed by atoms with van der Waals surface area (Å²) in [6.07, 6.45) is 0. The third-order valence-electron chi connectivity index (χ3n) is 4.29. The Labute approximate surface area is 172 Å². The molecule has 3 aromatic rings. The van der Waals surface area contributed by atoms with Crippen molar-refractivity contribution in [2.45, 2.75) is 10.6 Å². The van der Waals surface area contributed by atoms with Crippen molar-refractivity contribution in [1.29, 1.82) is 0 Å². The molecule has 1 N–H and O–H groups in total. The zero-order valence-electron chi connectivity index (χ0n) is 15.2. The van der Waals surface area contributed by atoms with Crippen LogP contribution in [0, 0.1) is 5.82 Å². The van der Waals surface area contributed by atoms with E-state index in [-0.39, 0.29) is 21.9 Å². The van der Waals surface area contributed by atoms with Crippen molar-refractivity contribution in [1.82, 2.24) is 0 Å². The minimum absolute atomic E-state index is 0.0507. The summed E-state index contributed by atoms with van der Waals surface area (Å²) in [7, 11) is -2.95. The average Bonchev–Trinajstić information content (AvgIpc) is 2.69. The number of aromatic carboxylic acids is 1. The van der Waals surface area contributed by atoms with Crippen molar-refractivity contribution >= 4 is 27.4 Å². The van der Waals surface area contributed by atoms with Gasteiger partial charge >= 0.3 is 5.97 Å². The van der Waals surface area contributed by atoms with E-state index in [1.54, 1.807) is 6.07 Å². The molecule has 0 aromatic heterocycles. The molecule has 150 valence electrons. The largest absolute Gasteiger partial charge is 0.494 e. The number of carbonyl (C=O) groups is 1. The van der Waals surface area contributed by atoms with E-state index in [0.29, 0.717) is 5.56 Å². The number of benzene rings is 3. The standard InChI is InChI=1S/C21H16ClFO5S/c1-28-20-17(22)10-15(21(24)25)11-19(20)29(26,27)12-16-9-14(7-8-18(16)23)13-5-3-2-4-6-13/h2-11H,12H2,1H3,(H,24,25). The maximum Gasteiger partial charge on any atom is 0.335 e. The number of carboxylic acid groups (broad SMARTS) is 1. The quantitative estimate of drug-likeness (QED) is 0.601. The van der Waals surface area contributed by atoms with Crippen LogP contribution in [-0.2, 0) is 15.6 Å². The van der Waals surface area contributed by atoms with E-state index in [0.717, 1.165) is 17.7 Å². The van der Waals surface area contributed by atoms with Crippen molar-refractivity contribution < 1.29 is 27.4 Å². The van der Waals surface area contributed by atoms with Crippen LogP contribution >= 0.6 is 11.6 Å². The molecule has 0 bridgehead atoms. The highest BCUT2D eigenvalue weighted by molar-refractivity contribution is 7.90. The van der Waals surface area contributed by atoms with Crippen LogP contribution in [0.1, 0.15) is 15.9 Å². The molecule has 0 fully saturated rings. The number of hydrogen-bond donors (Lipinski definition) is 1. The summed E-state index contributed by atoms with van der Waals surface area (Å²) in [4.78, 5) is 10.9. The van der Waals surface area contributed by atoms with Crippen LogP contribution in [0.25, 0.3) is 11.1 Å². The molecule has 5 nitrogen and oxygen atoms in total. The summed E-state index contributed by atoms with van der Waals surface area (Å²) in [6, 6.07) is 15.4. The first kappa shape index (κ1) is 20.8. The Balaban J connectivity index is 2.08. The summed E-state index contributed by atoms with van der Waals surface area (Å²) in [6.45, 7) is 0. The van der Waals surface area contributed by atoms with Crippen molar-refractivity contribution in [3.63, 3.8) is 0 Å². The van der Waals surface area contributed by atoms with Crippen LogP contribution in [0.2, 0.25) is 5.02 Å². The number of carboxylic acids is 1. The predicted molar refractivity (Wildman–Crippen MR) is 108 cm³/mol. The zero-order valence-corrected chi connectivity index (χ0v) is 16.8. The lowest BCUT2D eigenvalue weighted by molar-refractivity contribution is 0.0696. The van der Waals surface area contributed by atoms with Crippen LogP contribution < -0.4 is 4.74 Å². The Morgan fingerprint density at radius 2 is 1.76 bits per heavy atom. The Bertz CT molecular complexity index is 1180. The molecule has 0 saturated carbocycles. The minimum Gasteiger partial charge on any atom is -0.494 e. The summed E-state index contributed by atoms with van der Waals surface area (Å²) >= 11 is 6.00. The normalized spacial score (nSPS) is 11.3. The lowest BCUT2D eigenvalue weighted by Crippen LogP contribution is -2.10. The minimum atomic E-state index is -4.17. The highest BCUT2D eigenvalue weighted by Crippen LogP contribution is 2.36. The second kappa shape index (κ2) is 8.23.